The van der Waals surface area contributed by atoms with Crippen molar-refractivity contribution in [1.29, 1.82) is 0 Å². The van der Waals surface area contributed by atoms with Crippen LogP contribution in [0.4, 0.5) is 10.8 Å². The molecular weight excluding hydrogens is 400 g/mol. The third kappa shape index (κ3) is 5.01. The van der Waals surface area contributed by atoms with E-state index in [1.165, 1.54) is 5.69 Å². The first-order valence-electron chi connectivity index (χ1n) is 10.5. The van der Waals surface area contributed by atoms with Crippen molar-refractivity contribution < 1.29 is 0 Å². The molecule has 0 radical (unpaired) electrons. The molecule has 0 aliphatic carbocycles. The van der Waals surface area contributed by atoms with Crippen LogP contribution in [0.3, 0.4) is 0 Å². The fourth-order valence-electron chi connectivity index (χ4n) is 3.47. The minimum Gasteiger partial charge on any atom is -0.372 e. The van der Waals surface area contributed by atoms with Gasteiger partial charge in [-0.25, -0.2) is 4.98 Å². The first-order valence-corrected chi connectivity index (χ1v) is 11.4. The molecule has 0 atom stereocenters. The third-order valence-corrected chi connectivity index (χ3v) is 6.11. The molecule has 4 rings (SSSR count). The largest absolute Gasteiger partial charge is 0.372 e. The van der Waals surface area contributed by atoms with Crippen LogP contribution in [0.15, 0.2) is 90.0 Å². The third-order valence-electron chi connectivity index (χ3n) is 5.11. The lowest BCUT2D eigenvalue weighted by atomic mass is 10.1. The van der Waals surface area contributed by atoms with Gasteiger partial charge in [-0.15, -0.1) is 0 Å². The molecule has 0 saturated carbocycles. The van der Waals surface area contributed by atoms with Gasteiger partial charge in [0.05, 0.1) is 16.8 Å². The minimum atomic E-state index is 0.772. The van der Waals surface area contributed by atoms with Crippen molar-refractivity contribution >= 4 is 28.4 Å². The maximum Gasteiger partial charge on any atom is 0.204 e. The summed E-state index contributed by atoms with van der Waals surface area (Å²) in [5.41, 5.74) is 8.62. The quantitative estimate of drug-likeness (QED) is 0.250. The lowest BCUT2D eigenvalue weighted by Gasteiger charge is -2.20. The van der Waals surface area contributed by atoms with Gasteiger partial charge in [-0.3, -0.25) is 5.43 Å². The number of anilines is 2. The standard InChI is InChI=1S/C26H26N4S/c1-3-30(4-2)23-17-15-20(16-18-23)19-27-29-26-28-24(21-11-7-5-8-12-21)25(31-26)22-13-9-6-10-14-22/h5-19H,3-4H2,1-2H3,(H,28,29)/b27-19-. The monoisotopic (exact) mass is 426 g/mol. The highest BCUT2D eigenvalue weighted by Crippen LogP contribution is 2.38. The molecule has 156 valence electrons. The van der Waals surface area contributed by atoms with E-state index in [9.17, 15) is 0 Å². The first-order chi connectivity index (χ1) is 15.3. The average Bonchev–Trinajstić information content (AvgIpc) is 3.26. The minimum absolute atomic E-state index is 0.772. The van der Waals surface area contributed by atoms with Crippen molar-refractivity contribution in [2.75, 3.05) is 23.4 Å². The van der Waals surface area contributed by atoms with Crippen LogP contribution in [0.1, 0.15) is 19.4 Å². The summed E-state index contributed by atoms with van der Waals surface area (Å²) in [6.07, 6.45) is 1.83. The Morgan fingerprint density at radius 3 is 2.06 bits per heavy atom. The Morgan fingerprint density at radius 1 is 0.839 bits per heavy atom. The van der Waals surface area contributed by atoms with E-state index in [0.717, 1.165) is 45.5 Å². The smallest absolute Gasteiger partial charge is 0.204 e. The molecule has 0 saturated heterocycles. The van der Waals surface area contributed by atoms with Gasteiger partial charge in [-0.1, -0.05) is 84.1 Å². The molecule has 31 heavy (non-hydrogen) atoms. The Hall–Kier alpha value is -3.44. The Balaban J connectivity index is 1.54. The van der Waals surface area contributed by atoms with Crippen molar-refractivity contribution in [2.24, 2.45) is 5.10 Å². The van der Waals surface area contributed by atoms with Crippen molar-refractivity contribution in [2.45, 2.75) is 13.8 Å². The second-order valence-corrected chi connectivity index (χ2v) is 8.06. The van der Waals surface area contributed by atoms with Gasteiger partial charge < -0.3 is 4.90 Å². The summed E-state index contributed by atoms with van der Waals surface area (Å²) in [5.74, 6) is 0. The predicted molar refractivity (Wildman–Crippen MR) is 134 cm³/mol. The highest BCUT2D eigenvalue weighted by Gasteiger charge is 2.14. The summed E-state index contributed by atoms with van der Waals surface area (Å²) >= 11 is 1.61. The maximum atomic E-state index is 4.83. The topological polar surface area (TPSA) is 40.5 Å². The van der Waals surface area contributed by atoms with E-state index in [1.54, 1.807) is 11.3 Å². The number of aromatic nitrogens is 1. The lowest BCUT2D eigenvalue weighted by molar-refractivity contribution is 0.866. The van der Waals surface area contributed by atoms with E-state index >= 15 is 0 Å². The molecule has 3 aromatic carbocycles. The van der Waals surface area contributed by atoms with Crippen LogP contribution in [0.25, 0.3) is 21.7 Å². The maximum absolute atomic E-state index is 4.83. The summed E-state index contributed by atoms with van der Waals surface area (Å²) in [6.45, 7) is 6.35. The van der Waals surface area contributed by atoms with Crippen molar-refractivity contribution in [1.82, 2.24) is 4.98 Å². The molecule has 0 fully saturated rings. The molecule has 5 heteroatoms. The number of nitrogens with zero attached hydrogens (tertiary/aromatic N) is 3. The summed E-state index contributed by atoms with van der Waals surface area (Å²) in [5, 5.41) is 5.20. The Kier molecular flexibility index (Phi) is 6.75. The fraction of sp³-hybridized carbons (Fsp3) is 0.154. The van der Waals surface area contributed by atoms with E-state index in [4.69, 9.17) is 4.98 Å². The van der Waals surface area contributed by atoms with Gasteiger partial charge in [0.15, 0.2) is 0 Å². The molecule has 0 amide bonds. The molecule has 1 aromatic heterocycles. The van der Waals surface area contributed by atoms with Gasteiger partial charge in [0.25, 0.3) is 0 Å². The van der Waals surface area contributed by atoms with Crippen LogP contribution in [0.5, 0.6) is 0 Å². The summed E-state index contributed by atoms with van der Waals surface area (Å²) in [7, 11) is 0. The molecule has 1 N–H and O–H groups in total. The average molecular weight is 427 g/mol. The highest BCUT2D eigenvalue weighted by molar-refractivity contribution is 7.19. The van der Waals surface area contributed by atoms with Crippen LogP contribution in [-0.2, 0) is 0 Å². The van der Waals surface area contributed by atoms with E-state index < -0.39 is 0 Å². The molecule has 0 aliphatic rings. The lowest BCUT2D eigenvalue weighted by Crippen LogP contribution is -2.21. The number of rotatable bonds is 8. The fourth-order valence-corrected chi connectivity index (χ4v) is 4.41. The van der Waals surface area contributed by atoms with E-state index in [1.807, 2.05) is 30.5 Å². The Morgan fingerprint density at radius 2 is 1.45 bits per heavy atom. The van der Waals surface area contributed by atoms with Crippen LogP contribution >= 0.6 is 11.3 Å². The summed E-state index contributed by atoms with van der Waals surface area (Å²) in [4.78, 5) is 8.29. The number of hydrogen-bond donors (Lipinski definition) is 1. The van der Waals surface area contributed by atoms with Crippen molar-refractivity contribution in [3.63, 3.8) is 0 Å². The van der Waals surface area contributed by atoms with Crippen LogP contribution in [-0.4, -0.2) is 24.3 Å². The van der Waals surface area contributed by atoms with E-state index in [2.05, 4.69) is 89.9 Å². The van der Waals surface area contributed by atoms with E-state index in [0.29, 0.717) is 0 Å². The number of benzene rings is 3. The number of hydrogen-bond acceptors (Lipinski definition) is 5. The number of thiazole rings is 1. The predicted octanol–water partition coefficient (Wildman–Crippen LogP) is 6.77. The normalized spacial score (nSPS) is 11.0. The molecule has 0 bridgehead atoms. The van der Waals surface area contributed by atoms with Gasteiger partial charge in [-0.05, 0) is 37.1 Å². The zero-order valence-corrected chi connectivity index (χ0v) is 18.6. The Labute approximate surface area is 187 Å². The molecule has 0 unspecified atom stereocenters. The molecule has 4 nitrogen and oxygen atoms in total. The van der Waals surface area contributed by atoms with Crippen molar-refractivity contribution in [3.05, 3.63) is 90.5 Å². The van der Waals surface area contributed by atoms with Gasteiger partial charge in [-0.2, -0.15) is 5.10 Å². The molecule has 0 spiro atoms. The van der Waals surface area contributed by atoms with E-state index in [-0.39, 0.29) is 0 Å². The molecule has 0 aliphatic heterocycles. The SMILES string of the molecule is CCN(CC)c1ccc(/C=N\Nc2nc(-c3ccccc3)c(-c3ccccc3)s2)cc1. The zero-order valence-electron chi connectivity index (χ0n) is 17.8. The Bertz CT molecular complexity index is 1060. The van der Waals surface area contributed by atoms with Crippen LogP contribution in [0, 0.1) is 0 Å². The number of hydrazone groups is 1. The van der Waals surface area contributed by atoms with Gasteiger partial charge >= 0.3 is 0 Å². The number of nitrogens with one attached hydrogen (secondary N) is 1. The second kappa shape index (κ2) is 10.0. The van der Waals surface area contributed by atoms with Gasteiger partial charge in [0.2, 0.25) is 5.13 Å². The molecular formula is C26H26N4S. The van der Waals surface area contributed by atoms with Crippen LogP contribution in [0.2, 0.25) is 0 Å². The molecule has 1 heterocycles. The first kappa shape index (κ1) is 20.8. The summed E-state index contributed by atoms with van der Waals surface area (Å²) < 4.78 is 0. The zero-order chi connectivity index (χ0) is 21.5. The highest BCUT2D eigenvalue weighted by atomic mass is 32.1. The summed E-state index contributed by atoms with van der Waals surface area (Å²) in [6, 6.07) is 29.1. The van der Waals surface area contributed by atoms with Gasteiger partial charge in [0, 0.05) is 24.3 Å². The molecule has 4 aromatic rings. The van der Waals surface area contributed by atoms with Gasteiger partial charge in [0.1, 0.15) is 0 Å². The van der Waals surface area contributed by atoms with Crippen molar-refractivity contribution in [3.8, 4) is 21.7 Å². The van der Waals surface area contributed by atoms with Crippen LogP contribution < -0.4 is 10.3 Å². The second-order valence-electron chi connectivity index (χ2n) is 7.06.